The van der Waals surface area contributed by atoms with Crippen LogP contribution in [0.3, 0.4) is 0 Å². The van der Waals surface area contributed by atoms with E-state index in [1.165, 1.54) is 50.6 Å². The number of fused-ring (bicyclic) bond motifs is 2. The monoisotopic (exact) mass is 1090 g/mol. The van der Waals surface area contributed by atoms with Crippen LogP contribution < -0.4 is 25.0 Å². The fourth-order valence-electron chi connectivity index (χ4n) is 7.22. The van der Waals surface area contributed by atoms with Gasteiger partial charge in [0.05, 0.1) is 41.2 Å². The van der Waals surface area contributed by atoms with Crippen LogP contribution in [0.4, 0.5) is 34.1 Å². The number of halogens is 2. The number of para-hydroxylation sites is 4. The number of aryl methyl sites for hydroxylation is 2. The van der Waals surface area contributed by atoms with Gasteiger partial charge in [-0.1, -0.05) is 114 Å². The van der Waals surface area contributed by atoms with Crippen LogP contribution in [0.15, 0.2) is 169 Å². The molecule has 0 aliphatic carbocycles. The third kappa shape index (κ3) is 12.4. The van der Waals surface area contributed by atoms with Crippen LogP contribution in [-0.4, -0.2) is 94.8 Å². The summed E-state index contributed by atoms with van der Waals surface area (Å²) in [6, 6.07) is 35.5. The molecule has 0 radical (unpaired) electrons. The Hall–Kier alpha value is -6.72. The minimum Gasteiger partial charge on any atom is -0.871 e. The summed E-state index contributed by atoms with van der Waals surface area (Å²) in [5.41, 5.74) is 0.294. The Labute approximate surface area is 457 Å². The first-order valence-corrected chi connectivity index (χ1v) is 24.5. The fraction of sp³-hybridized carbons (Fsp3) is 0.0800. The second-order valence-corrected chi connectivity index (χ2v) is 18.9. The average Bonchev–Trinajstić information content (AvgIpc) is 3.34. The maximum atomic E-state index is 13.4. The molecule has 0 aromatic heterocycles. The number of methoxy groups -OCH3 is 2. The number of nitrogens with zero attached hydrogens (tertiary/aromatic N) is 5. The predicted octanol–water partition coefficient (Wildman–Crippen LogP) is 11.0. The Balaban J connectivity index is 0.000000235. The summed E-state index contributed by atoms with van der Waals surface area (Å²) < 4.78 is 77.5. The molecule has 23 heteroatoms. The molecule has 8 aromatic rings. The topological polar surface area (TPSA) is 284 Å². The van der Waals surface area contributed by atoms with Crippen molar-refractivity contribution in [1.82, 2.24) is 0 Å². The molecule has 368 valence electrons. The number of carbonyl (C=O) groups is 1. The number of hydrogen-bond acceptors (Lipinski definition) is 15. The van der Waals surface area contributed by atoms with Crippen molar-refractivity contribution < 1.29 is 55.5 Å². The van der Waals surface area contributed by atoms with Gasteiger partial charge in [-0.2, -0.15) is 21.9 Å². The number of phenols is 1. The molecule has 0 aliphatic heterocycles. The number of rotatable bonds is 12. The molecule has 0 spiro atoms. The minimum atomic E-state index is -4.75. The zero-order valence-corrected chi connectivity index (χ0v) is 44.1. The molecule has 0 fully saturated rings. The molecular weight excluding hydrogens is 1050 g/mol. The molecule has 0 aliphatic rings. The van der Waals surface area contributed by atoms with Gasteiger partial charge in [0.1, 0.15) is 44.0 Å². The third-order valence-electron chi connectivity index (χ3n) is 10.7. The molecule has 8 rings (SSSR count). The van der Waals surface area contributed by atoms with Gasteiger partial charge in [-0.05, 0) is 95.7 Å². The summed E-state index contributed by atoms with van der Waals surface area (Å²) in [6.07, 6.45) is 0. The Morgan fingerprint density at radius 2 is 1.04 bits per heavy atom. The van der Waals surface area contributed by atoms with E-state index in [0.717, 1.165) is 0 Å². The Morgan fingerprint density at radius 1 is 0.603 bits per heavy atom. The number of amides is 1. The number of carbonyl (C=O) groups excluding carboxylic acids is 1. The SMILES string of the molecule is COc1ccccc1N=C([O-])c1cc2ccccc2c(N=Nc2c(C)ccc(Cl)c2S(=O)(=O)O)c1[O-].COc1ccccc1NC(=O)c1cc2ccccc2c(N=Nc2c(C)ccc(Cl)c2S(=O)(=O)O)c1O.[Ca+2]. The van der Waals surface area contributed by atoms with Gasteiger partial charge in [-0.15, -0.1) is 15.3 Å². The summed E-state index contributed by atoms with van der Waals surface area (Å²) in [4.78, 5) is 15.9. The number of azo groups is 2. The average molecular weight is 1090 g/mol. The number of aliphatic imine (C=N–C) groups is 1. The summed E-state index contributed by atoms with van der Waals surface area (Å²) in [6.45, 7) is 3.11. The van der Waals surface area contributed by atoms with Crippen molar-refractivity contribution in [3.8, 4) is 23.0 Å². The van der Waals surface area contributed by atoms with Crippen molar-refractivity contribution in [2.45, 2.75) is 23.6 Å². The summed E-state index contributed by atoms with van der Waals surface area (Å²) in [7, 11) is -6.58. The number of benzene rings is 8. The van der Waals surface area contributed by atoms with E-state index in [2.05, 4.69) is 30.8 Å². The smallest absolute Gasteiger partial charge is 0.871 e. The van der Waals surface area contributed by atoms with Crippen LogP contribution in [-0.2, 0) is 20.2 Å². The van der Waals surface area contributed by atoms with Crippen LogP contribution in [0.25, 0.3) is 21.5 Å². The van der Waals surface area contributed by atoms with Crippen LogP contribution in [0.1, 0.15) is 27.0 Å². The largest absolute Gasteiger partial charge is 2.00 e. The molecule has 1 amide bonds. The first-order valence-electron chi connectivity index (χ1n) is 20.9. The van der Waals surface area contributed by atoms with Crippen molar-refractivity contribution in [3.63, 3.8) is 0 Å². The van der Waals surface area contributed by atoms with E-state index in [9.17, 15) is 46.1 Å². The van der Waals surface area contributed by atoms with Crippen LogP contribution in [0.2, 0.25) is 10.0 Å². The van der Waals surface area contributed by atoms with Gasteiger partial charge in [-0.3, -0.25) is 18.9 Å². The predicted molar refractivity (Wildman–Crippen MR) is 275 cm³/mol. The number of anilines is 1. The summed E-state index contributed by atoms with van der Waals surface area (Å²) >= 11 is 12.0. The molecule has 0 bridgehead atoms. The number of nitrogens with one attached hydrogen (secondary N) is 1. The van der Waals surface area contributed by atoms with Crippen LogP contribution in [0.5, 0.6) is 23.0 Å². The number of phenolic OH excluding ortho intramolecular Hbond substituents is 1. The Bertz CT molecular complexity index is 3790. The molecule has 0 saturated heterocycles. The van der Waals surface area contributed by atoms with E-state index in [-0.39, 0.29) is 87.3 Å². The summed E-state index contributed by atoms with van der Waals surface area (Å²) in [5.74, 6) is -1.89. The van der Waals surface area contributed by atoms with Crippen molar-refractivity contribution in [2.75, 3.05) is 19.5 Å². The third-order valence-corrected chi connectivity index (χ3v) is 13.4. The van der Waals surface area contributed by atoms with Crippen molar-refractivity contribution in [2.24, 2.45) is 25.4 Å². The molecule has 4 N–H and O–H groups in total. The van der Waals surface area contributed by atoms with E-state index in [0.29, 0.717) is 49.9 Å². The van der Waals surface area contributed by atoms with Gasteiger partial charge < -0.3 is 30.1 Å². The maximum absolute atomic E-state index is 13.4. The van der Waals surface area contributed by atoms with E-state index < -0.39 is 53.3 Å². The van der Waals surface area contributed by atoms with Crippen molar-refractivity contribution in [1.29, 1.82) is 0 Å². The standard InChI is InChI=1S/2C25H20ClN3O6S.Ca/c2*1-14-11-12-18(26)24(36(32,33)34)21(14)28-29-22-16-8-4-3-7-15(16)13-17(23(22)30)25(31)27-19-9-5-6-10-20(19)35-2;/h2*3-13,30H,1-2H3,(H,27,31)(H,32,33,34);/q;;+2/p-2. The number of ether oxygens (including phenoxy) is 2. The summed E-state index contributed by atoms with van der Waals surface area (Å²) in [5, 5.41) is 57.7. The van der Waals surface area contributed by atoms with E-state index in [1.807, 2.05) is 0 Å². The van der Waals surface area contributed by atoms with E-state index in [4.69, 9.17) is 32.7 Å². The minimum absolute atomic E-state index is 0. The molecular formula is C50H38CaCl2N6O12S2. The molecule has 73 heavy (non-hydrogen) atoms. The second-order valence-electron chi connectivity index (χ2n) is 15.3. The van der Waals surface area contributed by atoms with Gasteiger partial charge >= 0.3 is 37.7 Å². The maximum Gasteiger partial charge on any atom is 2.00 e. The normalized spacial score (nSPS) is 11.9. The van der Waals surface area contributed by atoms with Gasteiger partial charge in [0.25, 0.3) is 26.1 Å². The molecule has 0 saturated carbocycles. The number of aromatic hydroxyl groups is 1. The van der Waals surface area contributed by atoms with Crippen LogP contribution in [0, 0.1) is 13.8 Å². The molecule has 0 unspecified atom stereocenters. The van der Waals surface area contributed by atoms with Crippen LogP contribution >= 0.6 is 23.2 Å². The first-order chi connectivity index (χ1) is 34.2. The first kappa shape index (κ1) is 55.6. The molecule has 0 atom stereocenters. The zero-order chi connectivity index (χ0) is 52.1. The quantitative estimate of drug-likeness (QED) is 0.0292. The van der Waals surface area contributed by atoms with Gasteiger partial charge in [-0.25, -0.2) is 0 Å². The fourth-order valence-corrected chi connectivity index (χ4v) is 9.63. The van der Waals surface area contributed by atoms with Crippen molar-refractivity contribution >= 4 is 149 Å². The van der Waals surface area contributed by atoms with E-state index in [1.54, 1.807) is 111 Å². The molecule has 0 heterocycles. The number of hydrogen-bond donors (Lipinski definition) is 4. The zero-order valence-electron chi connectivity index (χ0n) is 38.7. The Morgan fingerprint density at radius 3 is 1.58 bits per heavy atom. The van der Waals surface area contributed by atoms with Gasteiger partial charge in [0.2, 0.25) is 0 Å². The van der Waals surface area contributed by atoms with Crippen molar-refractivity contribution in [3.05, 3.63) is 166 Å². The molecule has 18 nitrogen and oxygen atoms in total. The van der Waals surface area contributed by atoms with Gasteiger partial charge in [0, 0.05) is 10.8 Å². The van der Waals surface area contributed by atoms with Gasteiger partial charge in [0.15, 0.2) is 5.75 Å². The van der Waals surface area contributed by atoms with E-state index >= 15 is 0 Å². The Kier molecular flexibility index (Phi) is 17.8. The molecule has 8 aromatic carbocycles. The second kappa shape index (κ2) is 23.4.